The number of aryl methyl sites for hydroxylation is 1. The smallest absolute Gasteiger partial charge is 0.121 e. The molecule has 1 aromatic heterocycles. The molecule has 0 spiro atoms. The fourth-order valence-corrected chi connectivity index (χ4v) is 6.39. The van der Waals surface area contributed by atoms with Gasteiger partial charge in [0.25, 0.3) is 0 Å². The van der Waals surface area contributed by atoms with Gasteiger partial charge in [-0.2, -0.15) is 0 Å². The van der Waals surface area contributed by atoms with Crippen molar-refractivity contribution in [3.63, 3.8) is 0 Å². The summed E-state index contributed by atoms with van der Waals surface area (Å²) in [5, 5.41) is 5.44. The molecule has 0 N–H and O–H groups in total. The average molecular weight is 400 g/mol. The Bertz CT molecular complexity index is 900. The van der Waals surface area contributed by atoms with Crippen LogP contribution >= 0.6 is 34.9 Å². The van der Waals surface area contributed by atoms with Crippen LogP contribution in [0.1, 0.15) is 30.1 Å². The van der Waals surface area contributed by atoms with Crippen molar-refractivity contribution in [3.8, 4) is 0 Å². The summed E-state index contributed by atoms with van der Waals surface area (Å²) in [6.07, 6.45) is 4.25. The molecule has 0 radical (unpaired) electrons. The number of aromatic nitrogens is 1. The van der Waals surface area contributed by atoms with Gasteiger partial charge in [-0.25, -0.2) is 4.98 Å². The number of nitrogens with zero attached hydrogens (tertiary/aromatic N) is 3. The molecule has 3 nitrogen and oxygen atoms in total. The number of thiazole rings is 1. The number of benzene rings is 1. The van der Waals surface area contributed by atoms with Crippen molar-refractivity contribution < 1.29 is 0 Å². The van der Waals surface area contributed by atoms with Crippen molar-refractivity contribution >= 4 is 51.0 Å². The minimum Gasteiger partial charge on any atom is -0.266 e. The van der Waals surface area contributed by atoms with Crippen molar-refractivity contribution in [2.75, 3.05) is 11.5 Å². The summed E-state index contributed by atoms with van der Waals surface area (Å²) in [5.41, 5.74) is 1.83. The molecule has 6 heteroatoms. The van der Waals surface area contributed by atoms with E-state index in [0.29, 0.717) is 0 Å². The van der Waals surface area contributed by atoms with Crippen LogP contribution in [0.4, 0.5) is 0 Å². The molecule has 4 rings (SSSR count). The molecule has 0 bridgehead atoms. The second-order valence-corrected chi connectivity index (χ2v) is 9.85. The van der Waals surface area contributed by atoms with Crippen molar-refractivity contribution in [2.45, 2.75) is 31.8 Å². The average Bonchev–Trinajstić information content (AvgIpc) is 3.34. The molecule has 2 atom stereocenters. The van der Waals surface area contributed by atoms with E-state index in [1.165, 1.54) is 5.56 Å². The van der Waals surface area contributed by atoms with Gasteiger partial charge in [0.2, 0.25) is 0 Å². The Morgan fingerprint density at radius 1 is 0.962 bits per heavy atom. The number of rotatable bonds is 4. The van der Waals surface area contributed by atoms with Gasteiger partial charge in [0.15, 0.2) is 0 Å². The molecule has 0 fully saturated rings. The number of thioether (sulfide) groups is 2. The largest absolute Gasteiger partial charge is 0.266 e. The second kappa shape index (κ2) is 6.98. The van der Waals surface area contributed by atoms with Crippen LogP contribution in [0.15, 0.2) is 51.8 Å². The molecule has 0 saturated carbocycles. The van der Waals surface area contributed by atoms with E-state index in [1.54, 1.807) is 11.3 Å². The zero-order valence-corrected chi connectivity index (χ0v) is 17.5. The fourth-order valence-electron chi connectivity index (χ4n) is 2.93. The van der Waals surface area contributed by atoms with Gasteiger partial charge in [0.1, 0.15) is 16.1 Å². The maximum Gasteiger partial charge on any atom is 0.121 e. The van der Waals surface area contributed by atoms with Crippen LogP contribution < -0.4 is 0 Å². The van der Waals surface area contributed by atoms with Gasteiger partial charge in [-0.15, -0.1) is 34.9 Å². The first-order chi connectivity index (χ1) is 12.5. The van der Waals surface area contributed by atoms with Crippen molar-refractivity contribution in [1.82, 2.24) is 4.98 Å². The third-order valence-corrected chi connectivity index (χ3v) is 8.41. The summed E-state index contributed by atoms with van der Waals surface area (Å²) in [5.74, 6) is 1.89. The van der Waals surface area contributed by atoms with Crippen LogP contribution in [0.3, 0.4) is 0 Å². The summed E-state index contributed by atoms with van der Waals surface area (Å²) in [4.78, 5) is 14.8. The number of hydrogen-bond acceptors (Lipinski definition) is 6. The quantitative estimate of drug-likeness (QED) is 0.688. The Morgan fingerprint density at radius 3 is 2.46 bits per heavy atom. The highest BCUT2D eigenvalue weighted by Crippen LogP contribution is 2.44. The fraction of sp³-hybridized carbons (Fsp3) is 0.350. The highest BCUT2D eigenvalue weighted by Gasteiger charge is 2.44. The Kier molecular flexibility index (Phi) is 4.84. The van der Waals surface area contributed by atoms with Crippen molar-refractivity contribution in [1.29, 1.82) is 0 Å². The third-order valence-electron chi connectivity index (χ3n) is 4.45. The molecule has 0 aliphatic carbocycles. The van der Waals surface area contributed by atoms with Gasteiger partial charge < -0.3 is 0 Å². The van der Waals surface area contributed by atoms with Crippen LogP contribution in [0.5, 0.6) is 0 Å². The number of hydrogen-bond donors (Lipinski definition) is 0. The first-order valence-corrected chi connectivity index (χ1v) is 11.4. The predicted octanol–water partition coefficient (Wildman–Crippen LogP) is 5.43. The first-order valence-electron chi connectivity index (χ1n) is 8.58. The zero-order valence-electron chi connectivity index (χ0n) is 15.1. The molecule has 2 aromatic rings. The molecule has 1 aromatic carbocycles. The number of aliphatic imine (C=N–C) groups is 2. The molecular formula is C20H21N3S3. The van der Waals surface area contributed by atoms with Crippen LogP contribution in [-0.2, 0) is 5.54 Å². The highest BCUT2D eigenvalue weighted by atomic mass is 32.2. The highest BCUT2D eigenvalue weighted by molar-refractivity contribution is 8.16. The minimum atomic E-state index is -0.226. The lowest BCUT2D eigenvalue weighted by atomic mass is 10.1. The molecule has 2 aliphatic heterocycles. The lowest BCUT2D eigenvalue weighted by Gasteiger charge is -2.19. The molecule has 0 amide bonds. The van der Waals surface area contributed by atoms with E-state index in [-0.39, 0.29) is 11.1 Å². The Labute approximate surface area is 167 Å². The molecule has 134 valence electrons. The van der Waals surface area contributed by atoms with Crippen molar-refractivity contribution in [3.05, 3.63) is 58.1 Å². The summed E-state index contributed by atoms with van der Waals surface area (Å²) in [6.45, 7) is 6.44. The Morgan fingerprint density at radius 2 is 1.73 bits per heavy atom. The molecular weight excluding hydrogens is 378 g/mol. The summed E-state index contributed by atoms with van der Waals surface area (Å²) >= 11 is 5.36. The summed E-state index contributed by atoms with van der Waals surface area (Å²) in [7, 11) is 0. The van der Waals surface area contributed by atoms with E-state index in [1.807, 2.05) is 36.5 Å². The summed E-state index contributed by atoms with van der Waals surface area (Å²) in [6, 6.07) is 10.4. The monoisotopic (exact) mass is 399 g/mol. The maximum atomic E-state index is 5.09. The molecule has 3 heterocycles. The van der Waals surface area contributed by atoms with Crippen LogP contribution in [0.25, 0.3) is 6.08 Å². The van der Waals surface area contributed by atoms with Gasteiger partial charge >= 0.3 is 0 Å². The van der Waals surface area contributed by atoms with Gasteiger partial charge in [0.05, 0.1) is 10.1 Å². The van der Waals surface area contributed by atoms with Crippen LogP contribution in [-0.4, -0.2) is 32.1 Å². The Balaban J connectivity index is 1.55. The predicted molar refractivity (Wildman–Crippen MR) is 118 cm³/mol. The SMILES string of the molecule is Cc1csc([C@]2(C)CSC([C@]3(C)CSC(/C=C/c4ccccc4)=N3)=N2)n1. The minimum absolute atomic E-state index is 0.218. The third kappa shape index (κ3) is 3.55. The van der Waals surface area contributed by atoms with Crippen LogP contribution in [0.2, 0.25) is 0 Å². The lowest BCUT2D eigenvalue weighted by Crippen LogP contribution is -2.31. The van der Waals surface area contributed by atoms with E-state index in [9.17, 15) is 0 Å². The Hall–Kier alpha value is -1.37. The standard InChI is InChI=1S/C20H21N3S3/c1-14-11-24-17(21-14)19(2)13-26-18(23-19)20(3)12-25-16(22-20)10-9-15-7-5-4-6-8-15/h4-11H,12-13H2,1-3H3/b10-9+/t19-,20-/m0/s1. The molecule has 26 heavy (non-hydrogen) atoms. The van der Waals surface area contributed by atoms with E-state index in [2.05, 4.69) is 60.6 Å². The van der Waals surface area contributed by atoms with Crippen LogP contribution in [0, 0.1) is 6.92 Å². The van der Waals surface area contributed by atoms with E-state index >= 15 is 0 Å². The topological polar surface area (TPSA) is 37.6 Å². The first kappa shape index (κ1) is 18.0. The maximum absolute atomic E-state index is 5.09. The van der Waals surface area contributed by atoms with Crippen molar-refractivity contribution in [2.24, 2.45) is 9.98 Å². The lowest BCUT2D eigenvalue weighted by molar-refractivity contribution is 0.567. The van der Waals surface area contributed by atoms with E-state index in [0.717, 1.165) is 32.3 Å². The van der Waals surface area contributed by atoms with Gasteiger partial charge in [-0.3, -0.25) is 9.98 Å². The molecule has 0 unspecified atom stereocenters. The van der Waals surface area contributed by atoms with Gasteiger partial charge in [-0.1, -0.05) is 36.4 Å². The van der Waals surface area contributed by atoms with Gasteiger partial charge in [0, 0.05) is 22.6 Å². The summed E-state index contributed by atoms with van der Waals surface area (Å²) < 4.78 is 0. The second-order valence-electron chi connectivity index (χ2n) is 7.03. The zero-order chi connectivity index (χ0) is 18.2. The molecule has 2 aliphatic rings. The van der Waals surface area contributed by atoms with Gasteiger partial charge in [-0.05, 0) is 32.4 Å². The normalized spacial score (nSPS) is 28.6. The van der Waals surface area contributed by atoms with E-state index < -0.39 is 0 Å². The molecule has 0 saturated heterocycles. The van der Waals surface area contributed by atoms with E-state index in [4.69, 9.17) is 9.98 Å².